The lowest BCUT2D eigenvalue weighted by atomic mass is 9.83. The third-order valence-corrected chi connectivity index (χ3v) is 8.43. The van der Waals surface area contributed by atoms with Crippen LogP contribution in [0.2, 0.25) is 6.04 Å². The Bertz CT molecular complexity index is 746. The molecule has 0 heterocycles. The molecule has 0 aromatic heterocycles. The van der Waals surface area contributed by atoms with E-state index < -0.39 is 26.7 Å². The van der Waals surface area contributed by atoms with Crippen molar-refractivity contribution >= 4 is 26.7 Å². The molecule has 0 bridgehead atoms. The van der Waals surface area contributed by atoms with Crippen molar-refractivity contribution in [2.75, 3.05) is 13.2 Å². The molecule has 190 valence electrons. The minimum absolute atomic E-state index is 0.133. The Morgan fingerprint density at radius 2 is 1.38 bits per heavy atom. The Hall–Kier alpha value is -2.39. The van der Waals surface area contributed by atoms with Crippen LogP contribution in [0.1, 0.15) is 84.1 Å². The molecule has 1 aliphatic carbocycles. The lowest BCUT2D eigenvalue weighted by molar-refractivity contribution is -0.147. The minimum Gasteiger partial charge on any atom is -0.494 e. The van der Waals surface area contributed by atoms with E-state index in [4.69, 9.17) is 22.8 Å². The van der Waals surface area contributed by atoms with Crippen LogP contribution in [0.15, 0.2) is 24.3 Å². The number of ether oxygens (including phenoxy) is 2. The van der Waals surface area contributed by atoms with Gasteiger partial charge in [0.05, 0.1) is 18.8 Å². The number of hydrogen-bond donors (Lipinski definition) is 0. The van der Waals surface area contributed by atoms with Crippen LogP contribution in [0.4, 0.5) is 0 Å². The Balaban J connectivity index is 1.78. The Morgan fingerprint density at radius 3 is 1.88 bits per heavy atom. The number of hydrogen-bond acceptors (Lipinski definition) is 8. The first-order chi connectivity index (χ1) is 16.2. The Labute approximate surface area is 203 Å². The van der Waals surface area contributed by atoms with Crippen LogP contribution in [0, 0.1) is 0 Å². The van der Waals surface area contributed by atoms with Crippen molar-refractivity contribution in [2.45, 2.75) is 90.7 Å². The predicted octanol–water partition coefficient (Wildman–Crippen LogP) is 4.93. The minimum atomic E-state index is -3.78. The van der Waals surface area contributed by atoms with Gasteiger partial charge < -0.3 is 22.8 Å². The van der Waals surface area contributed by atoms with Crippen LogP contribution >= 0.6 is 0 Å². The second-order valence-corrected chi connectivity index (χ2v) is 11.2. The first kappa shape index (κ1) is 27.8. The number of carbonyl (C=O) groups is 3. The zero-order valence-corrected chi connectivity index (χ0v) is 21.8. The summed E-state index contributed by atoms with van der Waals surface area (Å²) >= 11 is 0. The number of rotatable bonds is 13. The average molecular weight is 495 g/mol. The zero-order valence-electron chi connectivity index (χ0n) is 20.8. The van der Waals surface area contributed by atoms with E-state index in [2.05, 4.69) is 31.2 Å². The largest absolute Gasteiger partial charge is 0.705 e. The summed E-state index contributed by atoms with van der Waals surface area (Å²) in [5, 5.41) is 0. The van der Waals surface area contributed by atoms with Gasteiger partial charge >= 0.3 is 8.80 Å². The molecule has 2 rings (SSSR count). The molecular formula is C25H38O8Si. The van der Waals surface area contributed by atoms with Gasteiger partial charge in [0.1, 0.15) is 5.75 Å². The van der Waals surface area contributed by atoms with E-state index in [-0.39, 0.29) is 12.1 Å². The fourth-order valence-corrected chi connectivity index (χ4v) is 6.47. The van der Waals surface area contributed by atoms with Gasteiger partial charge in [0.15, 0.2) is 0 Å². The van der Waals surface area contributed by atoms with E-state index in [1.165, 1.54) is 26.3 Å². The molecule has 34 heavy (non-hydrogen) atoms. The fraction of sp³-hybridized carbons (Fsp3) is 0.640. The molecule has 0 spiro atoms. The van der Waals surface area contributed by atoms with Crippen molar-refractivity contribution in [2.24, 2.45) is 0 Å². The summed E-state index contributed by atoms with van der Waals surface area (Å²) in [4.78, 5) is 34.6. The van der Waals surface area contributed by atoms with E-state index in [0.29, 0.717) is 18.9 Å². The summed E-state index contributed by atoms with van der Waals surface area (Å²) in [5.74, 6) is -0.538. The summed E-state index contributed by atoms with van der Waals surface area (Å²) < 4.78 is 27.4. The van der Waals surface area contributed by atoms with Crippen molar-refractivity contribution in [3.8, 4) is 5.75 Å². The molecule has 8 nitrogen and oxygen atoms in total. The van der Waals surface area contributed by atoms with E-state index in [0.717, 1.165) is 50.9 Å². The monoisotopic (exact) mass is 494 g/mol. The molecule has 0 aliphatic heterocycles. The van der Waals surface area contributed by atoms with Gasteiger partial charge in [-0.2, -0.15) is 0 Å². The average Bonchev–Trinajstić information content (AvgIpc) is 2.76. The molecule has 0 saturated heterocycles. The molecule has 1 fully saturated rings. The maximum absolute atomic E-state index is 11.5. The molecule has 0 unspecified atom stereocenters. The maximum Gasteiger partial charge on any atom is 0.705 e. The van der Waals surface area contributed by atoms with Gasteiger partial charge in [-0.15, -0.1) is 0 Å². The molecule has 1 aromatic carbocycles. The second-order valence-electron chi connectivity index (χ2n) is 8.68. The Morgan fingerprint density at radius 1 is 0.824 bits per heavy atom. The highest BCUT2D eigenvalue weighted by Crippen LogP contribution is 2.35. The third kappa shape index (κ3) is 9.85. The molecule has 1 aromatic rings. The van der Waals surface area contributed by atoms with Crippen LogP contribution in [-0.2, 0) is 32.4 Å². The van der Waals surface area contributed by atoms with Gasteiger partial charge in [0.2, 0.25) is 0 Å². The van der Waals surface area contributed by atoms with Gasteiger partial charge in [-0.3, -0.25) is 14.4 Å². The molecule has 1 aliphatic rings. The molecule has 0 N–H and O–H groups in total. The molecule has 1 saturated carbocycles. The highest BCUT2D eigenvalue weighted by Gasteiger charge is 2.51. The zero-order chi connectivity index (χ0) is 25.0. The first-order valence-electron chi connectivity index (χ1n) is 12.2. The Kier molecular flexibility index (Phi) is 11.6. The highest BCUT2D eigenvalue weighted by molar-refractivity contribution is 6.65. The van der Waals surface area contributed by atoms with Crippen LogP contribution in [0.3, 0.4) is 0 Å². The van der Waals surface area contributed by atoms with Gasteiger partial charge in [-0.1, -0.05) is 25.5 Å². The predicted molar refractivity (Wildman–Crippen MR) is 128 cm³/mol. The fourth-order valence-electron chi connectivity index (χ4n) is 4.14. The lowest BCUT2D eigenvalue weighted by Gasteiger charge is -2.29. The van der Waals surface area contributed by atoms with Gasteiger partial charge in [0, 0.05) is 27.4 Å². The van der Waals surface area contributed by atoms with Crippen LogP contribution in [-0.4, -0.2) is 46.0 Å². The van der Waals surface area contributed by atoms with E-state index >= 15 is 0 Å². The summed E-state index contributed by atoms with van der Waals surface area (Å²) in [7, 11) is -3.78. The summed E-state index contributed by atoms with van der Waals surface area (Å²) in [6.45, 7) is 6.88. The molecule has 0 amide bonds. The molecule has 9 heteroatoms. The van der Waals surface area contributed by atoms with Crippen molar-refractivity contribution in [1.82, 2.24) is 0 Å². The van der Waals surface area contributed by atoms with Crippen LogP contribution in [0.5, 0.6) is 5.75 Å². The summed E-state index contributed by atoms with van der Waals surface area (Å²) in [5.41, 5.74) is 1.33. The quantitative estimate of drug-likeness (QED) is 0.281. The molecule has 0 radical (unpaired) electrons. The van der Waals surface area contributed by atoms with Gasteiger partial charge in [0.25, 0.3) is 17.9 Å². The summed E-state index contributed by atoms with van der Waals surface area (Å²) in [6, 6.07) is 8.57. The SMILES string of the molecule is CCCCOc1ccc(C2CCC(OCCC[Si](OC(C)=O)(OC(C)=O)OC(C)=O)CC2)cc1. The van der Waals surface area contributed by atoms with Crippen molar-refractivity contribution in [3.63, 3.8) is 0 Å². The van der Waals surface area contributed by atoms with Crippen LogP contribution < -0.4 is 4.74 Å². The smallest absolute Gasteiger partial charge is 0.494 e. The van der Waals surface area contributed by atoms with Gasteiger partial charge in [-0.25, -0.2) is 0 Å². The third-order valence-electron chi connectivity index (χ3n) is 5.67. The van der Waals surface area contributed by atoms with Crippen molar-refractivity contribution in [3.05, 3.63) is 29.8 Å². The lowest BCUT2D eigenvalue weighted by Crippen LogP contribution is -2.49. The molecule has 0 atom stereocenters. The highest BCUT2D eigenvalue weighted by atomic mass is 28.4. The number of benzene rings is 1. The van der Waals surface area contributed by atoms with Crippen LogP contribution in [0.25, 0.3) is 0 Å². The standard InChI is InChI=1S/C25H38O8Si/c1-5-6-16-29-24-12-8-22(9-13-24)23-10-14-25(15-11-23)30-17-7-18-34(31-19(2)26,32-20(3)27)33-21(4)28/h8-9,12-13,23,25H,5-7,10-11,14-18H2,1-4H3. The maximum atomic E-state index is 11.5. The van der Waals surface area contributed by atoms with Crippen molar-refractivity contribution in [1.29, 1.82) is 0 Å². The topological polar surface area (TPSA) is 97.4 Å². The van der Waals surface area contributed by atoms with E-state index in [1.54, 1.807) is 0 Å². The first-order valence-corrected chi connectivity index (χ1v) is 14.1. The summed E-state index contributed by atoms with van der Waals surface area (Å²) in [6.07, 6.45) is 6.80. The second kappa shape index (κ2) is 14.1. The van der Waals surface area contributed by atoms with Crippen molar-refractivity contribution < 1.29 is 37.1 Å². The van der Waals surface area contributed by atoms with E-state index in [1.807, 2.05) is 0 Å². The van der Waals surface area contributed by atoms with Gasteiger partial charge in [-0.05, 0) is 62.1 Å². The number of unbranched alkanes of at least 4 members (excludes halogenated alkanes) is 1. The van der Waals surface area contributed by atoms with E-state index in [9.17, 15) is 14.4 Å². The number of carbonyl (C=O) groups excluding carboxylic acids is 3. The molecular weight excluding hydrogens is 456 g/mol. The normalized spacial score (nSPS) is 18.1.